The number of alkyl carbamates (subject to hydrolysis) is 1. The minimum Gasteiger partial charge on any atom is -0.468 e. The van der Waals surface area contributed by atoms with Crippen molar-refractivity contribution in [1.29, 1.82) is 0 Å². The molecule has 0 aromatic heterocycles. The second-order valence-corrected chi connectivity index (χ2v) is 5.77. The number of benzene rings is 1. The lowest BCUT2D eigenvalue weighted by atomic mass is 9.71. The van der Waals surface area contributed by atoms with Gasteiger partial charge in [0.1, 0.15) is 0 Å². The largest absolute Gasteiger partial charge is 0.468 e. The molecule has 12 heteroatoms. The van der Waals surface area contributed by atoms with Gasteiger partial charge in [-0.05, 0) is 11.6 Å². The van der Waals surface area contributed by atoms with E-state index in [2.05, 4.69) is 9.47 Å². The van der Waals surface area contributed by atoms with Crippen molar-refractivity contribution in [2.24, 2.45) is 0 Å². The summed E-state index contributed by atoms with van der Waals surface area (Å²) in [5, 5.41) is 12.9. The zero-order chi connectivity index (χ0) is 21.2. The maximum absolute atomic E-state index is 12.9. The molecule has 28 heavy (non-hydrogen) atoms. The van der Waals surface area contributed by atoms with Gasteiger partial charge in [0.2, 0.25) is 5.91 Å². The van der Waals surface area contributed by atoms with Gasteiger partial charge in [-0.1, -0.05) is 0 Å². The standard InChI is InChI=1S/C16H15N3O9/c1-18-12(21)9-5-4-8(19(25)26)6-10(9)16(13(18)22,14(23)27-2)7-11(20)17-15(24)28-3/h4-6H,7H2,1-3H3,(H,17,20,24). The Morgan fingerprint density at radius 1 is 1.21 bits per heavy atom. The number of nitrogens with zero attached hydrogens (tertiary/aromatic N) is 2. The van der Waals surface area contributed by atoms with Crippen molar-refractivity contribution in [3.8, 4) is 0 Å². The van der Waals surface area contributed by atoms with Gasteiger partial charge in [-0.2, -0.15) is 0 Å². The Balaban J connectivity index is 2.75. The number of non-ortho nitro benzene ring substituents is 1. The number of rotatable bonds is 4. The predicted octanol–water partition coefficient (Wildman–Crippen LogP) is -0.109. The van der Waals surface area contributed by atoms with E-state index in [1.807, 2.05) is 0 Å². The van der Waals surface area contributed by atoms with Gasteiger partial charge in [0, 0.05) is 24.7 Å². The normalized spacial score (nSPS) is 18.2. The highest BCUT2D eigenvalue weighted by atomic mass is 16.6. The summed E-state index contributed by atoms with van der Waals surface area (Å²) in [5.74, 6) is -4.26. The van der Waals surface area contributed by atoms with E-state index in [9.17, 15) is 34.1 Å². The molecule has 1 aliphatic rings. The van der Waals surface area contributed by atoms with Crippen molar-refractivity contribution in [2.75, 3.05) is 21.3 Å². The van der Waals surface area contributed by atoms with Gasteiger partial charge in [-0.15, -0.1) is 0 Å². The summed E-state index contributed by atoms with van der Waals surface area (Å²) >= 11 is 0. The fraction of sp³-hybridized carbons (Fsp3) is 0.312. The van der Waals surface area contributed by atoms with Crippen molar-refractivity contribution in [2.45, 2.75) is 11.8 Å². The number of fused-ring (bicyclic) bond motifs is 1. The number of likely N-dealkylation sites (N-methyl/N-ethyl adjacent to an activating group) is 1. The maximum Gasteiger partial charge on any atom is 0.413 e. The van der Waals surface area contributed by atoms with Crippen LogP contribution in [0, 0.1) is 10.1 Å². The average molecular weight is 393 g/mol. The lowest BCUT2D eigenvalue weighted by molar-refractivity contribution is -0.385. The molecule has 0 fully saturated rings. The second kappa shape index (κ2) is 7.42. The molecule has 0 bridgehead atoms. The lowest BCUT2D eigenvalue weighted by Gasteiger charge is -2.37. The summed E-state index contributed by atoms with van der Waals surface area (Å²) in [6, 6.07) is 2.96. The number of hydrogen-bond acceptors (Lipinski definition) is 9. The topological polar surface area (TPSA) is 162 Å². The van der Waals surface area contributed by atoms with Crippen molar-refractivity contribution >= 4 is 35.5 Å². The average Bonchev–Trinajstić information content (AvgIpc) is 2.68. The van der Waals surface area contributed by atoms with Crippen LogP contribution in [0.1, 0.15) is 22.3 Å². The number of imide groups is 2. The van der Waals surface area contributed by atoms with Crippen LogP contribution in [0.5, 0.6) is 0 Å². The molecule has 1 aromatic carbocycles. The molecule has 1 aliphatic heterocycles. The van der Waals surface area contributed by atoms with Gasteiger partial charge in [0.15, 0.2) is 5.41 Å². The van der Waals surface area contributed by atoms with Crippen molar-refractivity contribution < 1.29 is 38.4 Å². The van der Waals surface area contributed by atoms with Crippen LogP contribution in [0.2, 0.25) is 0 Å². The Morgan fingerprint density at radius 2 is 1.86 bits per heavy atom. The predicted molar refractivity (Wildman–Crippen MR) is 89.1 cm³/mol. The summed E-state index contributed by atoms with van der Waals surface area (Å²) in [6.45, 7) is 0. The third-order valence-corrected chi connectivity index (χ3v) is 4.26. The lowest BCUT2D eigenvalue weighted by Crippen LogP contribution is -2.59. The smallest absolute Gasteiger partial charge is 0.413 e. The molecule has 0 spiro atoms. The van der Waals surface area contributed by atoms with Crippen LogP contribution in [-0.2, 0) is 29.3 Å². The number of amides is 4. The van der Waals surface area contributed by atoms with E-state index in [-0.39, 0.29) is 11.1 Å². The summed E-state index contributed by atoms with van der Waals surface area (Å²) in [5.41, 5.74) is -3.46. The molecule has 1 N–H and O–H groups in total. The van der Waals surface area contributed by atoms with Crippen molar-refractivity contribution in [3.05, 3.63) is 39.4 Å². The summed E-state index contributed by atoms with van der Waals surface area (Å²) < 4.78 is 8.96. The van der Waals surface area contributed by atoms with Gasteiger partial charge < -0.3 is 9.47 Å². The number of nitro benzene ring substituents is 1. The molecule has 0 saturated carbocycles. The summed E-state index contributed by atoms with van der Waals surface area (Å²) in [7, 11) is 3.03. The maximum atomic E-state index is 12.9. The van der Waals surface area contributed by atoms with Gasteiger partial charge in [0.05, 0.1) is 25.6 Å². The molecular weight excluding hydrogens is 378 g/mol. The second-order valence-electron chi connectivity index (χ2n) is 5.77. The summed E-state index contributed by atoms with van der Waals surface area (Å²) in [6.07, 6.45) is -2.09. The molecule has 0 radical (unpaired) electrons. The highest BCUT2D eigenvalue weighted by Crippen LogP contribution is 2.40. The molecule has 148 valence electrons. The highest BCUT2D eigenvalue weighted by Gasteiger charge is 2.57. The third kappa shape index (κ3) is 3.15. The van der Waals surface area contributed by atoms with Crippen LogP contribution in [0.3, 0.4) is 0 Å². The molecule has 2 rings (SSSR count). The van der Waals surface area contributed by atoms with Crippen LogP contribution >= 0.6 is 0 Å². The number of methoxy groups -OCH3 is 2. The first-order valence-corrected chi connectivity index (χ1v) is 7.67. The van der Waals surface area contributed by atoms with Crippen molar-refractivity contribution in [3.63, 3.8) is 0 Å². The summed E-state index contributed by atoms with van der Waals surface area (Å²) in [4.78, 5) is 72.5. The number of carbonyl (C=O) groups excluding carboxylic acids is 5. The fourth-order valence-corrected chi connectivity index (χ4v) is 2.92. The van der Waals surface area contributed by atoms with E-state index >= 15 is 0 Å². The molecular formula is C16H15N3O9. The number of hydrogen-bond donors (Lipinski definition) is 1. The Labute approximate surface area is 157 Å². The Hall–Kier alpha value is -3.83. The van der Waals surface area contributed by atoms with E-state index in [1.165, 1.54) is 0 Å². The molecule has 0 saturated heterocycles. The van der Waals surface area contributed by atoms with E-state index in [0.29, 0.717) is 4.90 Å². The fourth-order valence-electron chi connectivity index (χ4n) is 2.92. The van der Waals surface area contributed by atoms with E-state index in [0.717, 1.165) is 39.5 Å². The van der Waals surface area contributed by atoms with Crippen LogP contribution in [0.15, 0.2) is 18.2 Å². The van der Waals surface area contributed by atoms with E-state index in [1.54, 1.807) is 5.32 Å². The number of nitrogens with one attached hydrogen (secondary N) is 1. The highest BCUT2D eigenvalue weighted by molar-refractivity contribution is 6.22. The molecule has 4 amide bonds. The molecule has 1 aromatic rings. The van der Waals surface area contributed by atoms with Gasteiger partial charge in [-0.25, -0.2) is 4.79 Å². The zero-order valence-corrected chi connectivity index (χ0v) is 15.0. The van der Waals surface area contributed by atoms with E-state index in [4.69, 9.17) is 0 Å². The van der Waals surface area contributed by atoms with Crippen LogP contribution < -0.4 is 5.32 Å². The Morgan fingerprint density at radius 3 is 2.39 bits per heavy atom. The van der Waals surface area contributed by atoms with Crippen LogP contribution in [0.25, 0.3) is 0 Å². The molecule has 0 aliphatic carbocycles. The Bertz CT molecular complexity index is 911. The first-order chi connectivity index (χ1) is 13.1. The number of esters is 1. The number of carbonyl (C=O) groups is 5. The Kier molecular flexibility index (Phi) is 5.43. The minimum atomic E-state index is -2.41. The van der Waals surface area contributed by atoms with Gasteiger partial charge in [0.25, 0.3) is 17.5 Å². The minimum absolute atomic E-state index is 0.191. The van der Waals surface area contributed by atoms with Crippen molar-refractivity contribution in [1.82, 2.24) is 10.2 Å². The monoisotopic (exact) mass is 393 g/mol. The molecule has 12 nitrogen and oxygen atoms in total. The first-order valence-electron chi connectivity index (χ1n) is 7.67. The molecule has 1 unspecified atom stereocenters. The SMILES string of the molecule is COC(=O)NC(=O)CC1(C(=O)OC)C(=O)N(C)C(=O)c2ccc([N+](=O)[O-])cc21. The zero-order valence-electron chi connectivity index (χ0n) is 15.0. The number of ether oxygens (including phenoxy) is 2. The first kappa shape index (κ1) is 20.5. The van der Waals surface area contributed by atoms with Gasteiger partial charge in [-0.3, -0.25) is 39.5 Å². The molecule has 1 heterocycles. The quantitative estimate of drug-likeness (QED) is 0.242. The van der Waals surface area contributed by atoms with Crippen LogP contribution in [-0.4, -0.2) is 60.9 Å². The van der Waals surface area contributed by atoms with Crippen LogP contribution in [0.4, 0.5) is 10.5 Å². The molecule has 1 atom stereocenters. The number of nitro groups is 1. The third-order valence-electron chi connectivity index (χ3n) is 4.26. The van der Waals surface area contributed by atoms with Gasteiger partial charge >= 0.3 is 12.1 Å². The van der Waals surface area contributed by atoms with E-state index < -0.39 is 52.2 Å².